The lowest BCUT2D eigenvalue weighted by Crippen LogP contribution is -2.42. The van der Waals surface area contributed by atoms with Crippen molar-refractivity contribution >= 4 is 12.4 Å². The van der Waals surface area contributed by atoms with Gasteiger partial charge < -0.3 is 4.74 Å². The van der Waals surface area contributed by atoms with Gasteiger partial charge in [0.05, 0.1) is 12.5 Å². The molecule has 1 fully saturated rings. The lowest BCUT2D eigenvalue weighted by Gasteiger charge is -2.35. The standard InChI is InChI=1S/C16H29NO4/c1-12(2)9-14(16(3,4)10-17(20)11-18)15(19)21-13-7-5-6-8-13/h11-14,20H,5-10H2,1-4H3/t14-/m1/s1. The van der Waals surface area contributed by atoms with Crippen molar-refractivity contribution in [2.75, 3.05) is 6.54 Å². The second kappa shape index (κ2) is 7.78. The molecule has 5 heteroatoms. The Kier molecular flexibility index (Phi) is 6.65. The highest BCUT2D eigenvalue weighted by molar-refractivity contribution is 5.73. The molecule has 1 N–H and O–H groups in total. The molecular formula is C16H29NO4. The molecule has 5 nitrogen and oxygen atoms in total. The van der Waals surface area contributed by atoms with Crippen LogP contribution in [0.2, 0.25) is 0 Å². The Morgan fingerprint density at radius 3 is 2.43 bits per heavy atom. The molecule has 0 aromatic heterocycles. The molecule has 21 heavy (non-hydrogen) atoms. The molecule has 0 radical (unpaired) electrons. The molecule has 0 aromatic rings. The van der Waals surface area contributed by atoms with E-state index in [0.717, 1.165) is 25.7 Å². The van der Waals surface area contributed by atoms with Crippen LogP contribution in [0.4, 0.5) is 0 Å². The second-order valence-electron chi connectivity index (χ2n) is 7.22. The summed E-state index contributed by atoms with van der Waals surface area (Å²) >= 11 is 0. The lowest BCUT2D eigenvalue weighted by molar-refractivity contribution is -0.169. The summed E-state index contributed by atoms with van der Waals surface area (Å²) in [6, 6.07) is 0. The maximum absolute atomic E-state index is 12.5. The summed E-state index contributed by atoms with van der Waals surface area (Å²) in [4.78, 5) is 23.2. The van der Waals surface area contributed by atoms with Gasteiger partial charge in [0.1, 0.15) is 6.10 Å². The van der Waals surface area contributed by atoms with Crippen molar-refractivity contribution in [2.24, 2.45) is 17.3 Å². The first-order valence-corrected chi connectivity index (χ1v) is 7.87. The van der Waals surface area contributed by atoms with E-state index >= 15 is 0 Å². The molecule has 1 saturated carbocycles. The average molecular weight is 299 g/mol. The molecule has 0 saturated heterocycles. The number of carbonyl (C=O) groups is 2. The number of esters is 1. The number of hydrogen-bond donors (Lipinski definition) is 1. The first-order chi connectivity index (χ1) is 9.76. The predicted octanol–water partition coefficient (Wildman–Crippen LogP) is 3.01. The third kappa shape index (κ3) is 5.65. The monoisotopic (exact) mass is 299 g/mol. The van der Waals surface area contributed by atoms with Crippen LogP contribution in [-0.2, 0) is 14.3 Å². The zero-order chi connectivity index (χ0) is 16.0. The van der Waals surface area contributed by atoms with Crippen LogP contribution in [0.15, 0.2) is 0 Å². The smallest absolute Gasteiger partial charge is 0.309 e. The van der Waals surface area contributed by atoms with Crippen molar-refractivity contribution in [1.29, 1.82) is 0 Å². The second-order valence-corrected chi connectivity index (χ2v) is 7.22. The maximum atomic E-state index is 12.5. The van der Waals surface area contributed by atoms with Crippen LogP contribution < -0.4 is 0 Å². The Labute approximate surface area is 127 Å². The third-order valence-corrected chi connectivity index (χ3v) is 4.21. The maximum Gasteiger partial charge on any atom is 0.309 e. The highest BCUT2D eigenvalue weighted by Gasteiger charge is 2.39. The largest absolute Gasteiger partial charge is 0.462 e. The van der Waals surface area contributed by atoms with Crippen LogP contribution >= 0.6 is 0 Å². The minimum absolute atomic E-state index is 0.0410. The van der Waals surface area contributed by atoms with Gasteiger partial charge in [-0.2, -0.15) is 0 Å². The molecule has 1 rings (SSSR count). The summed E-state index contributed by atoms with van der Waals surface area (Å²) in [6.45, 7) is 8.02. The normalized spacial score (nSPS) is 17.8. The van der Waals surface area contributed by atoms with Crippen LogP contribution in [0, 0.1) is 17.3 Å². The number of ether oxygens (including phenoxy) is 1. The molecule has 122 valence electrons. The quantitative estimate of drug-likeness (QED) is 0.324. The van der Waals surface area contributed by atoms with E-state index in [-0.39, 0.29) is 24.5 Å². The molecule has 0 heterocycles. The highest BCUT2D eigenvalue weighted by Crippen LogP contribution is 2.35. The van der Waals surface area contributed by atoms with E-state index in [9.17, 15) is 14.8 Å². The summed E-state index contributed by atoms with van der Waals surface area (Å²) < 4.78 is 5.65. The first kappa shape index (κ1) is 18.0. The number of rotatable bonds is 8. The molecule has 1 aliphatic rings. The van der Waals surface area contributed by atoms with Gasteiger partial charge in [0.15, 0.2) is 0 Å². The summed E-state index contributed by atoms with van der Waals surface area (Å²) in [6.07, 6.45) is 5.22. The van der Waals surface area contributed by atoms with Gasteiger partial charge in [-0.1, -0.05) is 27.7 Å². The van der Waals surface area contributed by atoms with Crippen LogP contribution in [0.25, 0.3) is 0 Å². The van der Waals surface area contributed by atoms with Crippen molar-refractivity contribution in [1.82, 2.24) is 5.06 Å². The summed E-state index contributed by atoms with van der Waals surface area (Å²) in [7, 11) is 0. The van der Waals surface area contributed by atoms with Crippen LogP contribution in [0.3, 0.4) is 0 Å². The van der Waals surface area contributed by atoms with E-state index in [1.165, 1.54) is 0 Å². The fourth-order valence-corrected chi connectivity index (χ4v) is 3.02. The minimum Gasteiger partial charge on any atom is -0.462 e. The van der Waals surface area contributed by atoms with Crippen LogP contribution in [-0.4, -0.2) is 35.3 Å². The Balaban J connectivity index is 2.76. The Morgan fingerprint density at radius 1 is 1.38 bits per heavy atom. The van der Waals surface area contributed by atoms with E-state index in [0.29, 0.717) is 23.8 Å². The number of nitrogens with zero attached hydrogens (tertiary/aromatic N) is 1. The average Bonchev–Trinajstić information content (AvgIpc) is 2.87. The number of hydroxylamine groups is 2. The van der Waals surface area contributed by atoms with Gasteiger partial charge in [-0.25, -0.2) is 5.06 Å². The Bertz CT molecular complexity index is 348. The Hall–Kier alpha value is -1.10. The van der Waals surface area contributed by atoms with Gasteiger partial charge in [0.25, 0.3) is 0 Å². The van der Waals surface area contributed by atoms with Crippen molar-refractivity contribution in [3.8, 4) is 0 Å². The molecular weight excluding hydrogens is 270 g/mol. The molecule has 1 amide bonds. The van der Waals surface area contributed by atoms with Crippen molar-refractivity contribution < 1.29 is 19.5 Å². The van der Waals surface area contributed by atoms with E-state index in [4.69, 9.17) is 4.74 Å². The molecule has 0 bridgehead atoms. The highest BCUT2D eigenvalue weighted by atomic mass is 16.5. The fourth-order valence-electron chi connectivity index (χ4n) is 3.02. The van der Waals surface area contributed by atoms with Gasteiger partial charge >= 0.3 is 5.97 Å². The van der Waals surface area contributed by atoms with Gasteiger partial charge in [-0.15, -0.1) is 0 Å². The Morgan fingerprint density at radius 2 is 1.95 bits per heavy atom. The van der Waals surface area contributed by atoms with Crippen molar-refractivity contribution in [3.05, 3.63) is 0 Å². The molecule has 0 aromatic carbocycles. The van der Waals surface area contributed by atoms with Gasteiger partial charge in [0.2, 0.25) is 6.41 Å². The van der Waals surface area contributed by atoms with E-state index in [1.54, 1.807) is 0 Å². The summed E-state index contributed by atoms with van der Waals surface area (Å²) in [5, 5.41) is 10.1. The van der Waals surface area contributed by atoms with Gasteiger partial charge in [-0.05, 0) is 43.4 Å². The summed E-state index contributed by atoms with van der Waals surface area (Å²) in [5.41, 5.74) is -0.532. The molecule has 0 spiro atoms. The SMILES string of the molecule is CC(C)C[C@H](C(=O)OC1CCCC1)C(C)(C)CN(O)C=O. The topological polar surface area (TPSA) is 66.8 Å². The summed E-state index contributed by atoms with van der Waals surface area (Å²) in [5.74, 6) is -0.179. The minimum atomic E-state index is -0.532. The van der Waals surface area contributed by atoms with E-state index < -0.39 is 5.41 Å². The molecule has 0 aliphatic heterocycles. The number of hydrogen-bond acceptors (Lipinski definition) is 4. The molecule has 1 atom stereocenters. The van der Waals surface area contributed by atoms with Crippen LogP contribution in [0.1, 0.15) is 59.8 Å². The third-order valence-electron chi connectivity index (χ3n) is 4.21. The zero-order valence-electron chi connectivity index (χ0n) is 13.7. The predicted molar refractivity (Wildman–Crippen MR) is 79.6 cm³/mol. The fraction of sp³-hybridized carbons (Fsp3) is 0.875. The van der Waals surface area contributed by atoms with E-state index in [1.807, 2.05) is 13.8 Å². The van der Waals surface area contributed by atoms with Crippen molar-refractivity contribution in [3.63, 3.8) is 0 Å². The number of amides is 1. The zero-order valence-corrected chi connectivity index (χ0v) is 13.7. The number of carbonyl (C=O) groups excluding carboxylic acids is 2. The van der Waals surface area contributed by atoms with Crippen molar-refractivity contribution in [2.45, 2.75) is 65.9 Å². The van der Waals surface area contributed by atoms with Gasteiger partial charge in [0, 0.05) is 0 Å². The first-order valence-electron chi connectivity index (χ1n) is 7.87. The lowest BCUT2D eigenvalue weighted by atomic mass is 9.74. The van der Waals surface area contributed by atoms with Gasteiger partial charge in [-0.3, -0.25) is 14.8 Å². The van der Waals surface area contributed by atoms with Crippen LogP contribution in [0.5, 0.6) is 0 Å². The van der Waals surface area contributed by atoms with E-state index in [2.05, 4.69) is 13.8 Å². The molecule has 1 aliphatic carbocycles. The molecule has 0 unspecified atom stereocenters.